The van der Waals surface area contributed by atoms with E-state index in [9.17, 15) is 12.8 Å². The van der Waals surface area contributed by atoms with Crippen LogP contribution in [-0.4, -0.2) is 20.1 Å². The van der Waals surface area contributed by atoms with E-state index in [0.29, 0.717) is 0 Å². The Bertz CT molecular complexity index is 480. The Morgan fingerprint density at radius 3 is 2.62 bits per heavy atom. The third kappa shape index (κ3) is 3.69. The van der Waals surface area contributed by atoms with Gasteiger partial charge in [0.25, 0.3) is 10.2 Å². The van der Waals surface area contributed by atoms with Crippen molar-refractivity contribution in [2.24, 2.45) is 5.14 Å². The highest BCUT2D eigenvalue weighted by atomic mass is 35.5. The topological polar surface area (TPSA) is 92.4 Å². The van der Waals surface area contributed by atoms with E-state index < -0.39 is 28.7 Å². The number of nitrogens with two attached hydrogens (primary N) is 1. The van der Waals surface area contributed by atoms with Crippen LogP contribution in [0.15, 0.2) is 18.2 Å². The molecular weight excluding hydrogens is 259 g/mol. The van der Waals surface area contributed by atoms with Gasteiger partial charge in [0, 0.05) is 0 Å². The Balaban J connectivity index is 3.00. The van der Waals surface area contributed by atoms with Gasteiger partial charge in [-0.1, -0.05) is 17.7 Å². The lowest BCUT2D eigenvalue weighted by Gasteiger charge is -2.15. The molecule has 0 radical (unpaired) electrons. The molecule has 8 heteroatoms. The molecule has 0 aliphatic rings. The van der Waals surface area contributed by atoms with Gasteiger partial charge in [0.1, 0.15) is 5.82 Å². The SMILES string of the molecule is NS(=O)(=O)NC(CO)c1ccc(Cl)c(F)c1. The molecule has 0 amide bonds. The van der Waals surface area contributed by atoms with Gasteiger partial charge >= 0.3 is 0 Å². The molecule has 1 unspecified atom stereocenters. The largest absolute Gasteiger partial charge is 0.394 e. The van der Waals surface area contributed by atoms with Gasteiger partial charge in [0.2, 0.25) is 0 Å². The lowest BCUT2D eigenvalue weighted by Crippen LogP contribution is -2.35. The van der Waals surface area contributed by atoms with Crippen LogP contribution in [0.1, 0.15) is 11.6 Å². The maximum atomic E-state index is 13.1. The first-order valence-electron chi connectivity index (χ1n) is 4.19. The van der Waals surface area contributed by atoms with Gasteiger partial charge in [-0.05, 0) is 17.7 Å². The number of rotatable bonds is 4. The van der Waals surface area contributed by atoms with Crippen LogP contribution in [0, 0.1) is 5.82 Å². The molecule has 0 saturated carbocycles. The molecule has 0 aliphatic heterocycles. The molecular formula is C8H10ClFN2O3S. The number of nitrogens with one attached hydrogen (secondary N) is 1. The molecule has 1 aromatic rings. The van der Waals surface area contributed by atoms with Crippen molar-refractivity contribution in [2.45, 2.75) is 6.04 Å². The van der Waals surface area contributed by atoms with E-state index >= 15 is 0 Å². The summed E-state index contributed by atoms with van der Waals surface area (Å²) in [5, 5.41) is 13.6. The monoisotopic (exact) mass is 268 g/mol. The second-order valence-corrected chi connectivity index (χ2v) is 4.80. The molecule has 5 nitrogen and oxygen atoms in total. The minimum Gasteiger partial charge on any atom is -0.394 e. The van der Waals surface area contributed by atoms with Gasteiger partial charge in [0.05, 0.1) is 17.7 Å². The first kappa shape index (κ1) is 13.3. The Morgan fingerprint density at radius 2 is 2.19 bits per heavy atom. The van der Waals surface area contributed by atoms with Crippen LogP contribution in [0.3, 0.4) is 0 Å². The Kier molecular flexibility index (Phi) is 4.22. The van der Waals surface area contributed by atoms with E-state index in [2.05, 4.69) is 0 Å². The number of hydrogen-bond acceptors (Lipinski definition) is 3. The highest BCUT2D eigenvalue weighted by Gasteiger charge is 2.16. The minimum atomic E-state index is -3.97. The number of aliphatic hydroxyl groups excluding tert-OH is 1. The summed E-state index contributed by atoms with van der Waals surface area (Å²) in [6, 6.07) is 2.69. The summed E-state index contributed by atoms with van der Waals surface area (Å²) in [6.45, 7) is -0.544. The quantitative estimate of drug-likeness (QED) is 0.734. The highest BCUT2D eigenvalue weighted by molar-refractivity contribution is 7.87. The lowest BCUT2D eigenvalue weighted by molar-refractivity contribution is 0.258. The van der Waals surface area contributed by atoms with E-state index in [0.717, 1.165) is 6.07 Å². The normalized spacial score (nSPS) is 13.8. The molecule has 4 N–H and O–H groups in total. The maximum absolute atomic E-state index is 13.1. The van der Waals surface area contributed by atoms with Gasteiger partial charge in [-0.3, -0.25) is 0 Å². The van der Waals surface area contributed by atoms with Crippen molar-refractivity contribution in [1.29, 1.82) is 0 Å². The zero-order valence-corrected chi connectivity index (χ0v) is 9.59. The zero-order chi connectivity index (χ0) is 12.3. The third-order valence-electron chi connectivity index (χ3n) is 1.84. The van der Waals surface area contributed by atoms with Crippen molar-refractivity contribution in [1.82, 2.24) is 4.72 Å². The van der Waals surface area contributed by atoms with E-state index in [1.807, 2.05) is 4.72 Å². The van der Waals surface area contributed by atoms with Crippen molar-refractivity contribution in [3.05, 3.63) is 34.6 Å². The summed E-state index contributed by atoms with van der Waals surface area (Å²) in [5.41, 5.74) is 0.235. The molecule has 0 spiro atoms. The molecule has 1 atom stereocenters. The molecule has 0 saturated heterocycles. The summed E-state index contributed by atoms with van der Waals surface area (Å²) in [7, 11) is -3.97. The van der Waals surface area contributed by atoms with Gasteiger partial charge < -0.3 is 5.11 Å². The van der Waals surface area contributed by atoms with E-state index in [1.54, 1.807) is 0 Å². The number of benzene rings is 1. The van der Waals surface area contributed by atoms with E-state index in [4.69, 9.17) is 21.8 Å². The lowest BCUT2D eigenvalue weighted by atomic mass is 10.1. The van der Waals surface area contributed by atoms with Crippen molar-refractivity contribution in [3.63, 3.8) is 0 Å². The van der Waals surface area contributed by atoms with E-state index in [-0.39, 0.29) is 10.6 Å². The maximum Gasteiger partial charge on any atom is 0.275 e. The fraction of sp³-hybridized carbons (Fsp3) is 0.250. The zero-order valence-electron chi connectivity index (χ0n) is 8.02. The Morgan fingerprint density at radius 1 is 1.56 bits per heavy atom. The first-order chi connectivity index (χ1) is 7.33. The molecule has 16 heavy (non-hydrogen) atoms. The molecule has 0 bridgehead atoms. The van der Waals surface area contributed by atoms with Crippen LogP contribution in [0.5, 0.6) is 0 Å². The molecule has 1 aromatic carbocycles. The van der Waals surface area contributed by atoms with Crippen LogP contribution in [0.25, 0.3) is 0 Å². The average molecular weight is 269 g/mol. The van der Waals surface area contributed by atoms with Crippen LogP contribution < -0.4 is 9.86 Å². The van der Waals surface area contributed by atoms with Gasteiger partial charge in [0.15, 0.2) is 0 Å². The summed E-state index contributed by atoms with van der Waals surface area (Å²) in [6.07, 6.45) is 0. The fourth-order valence-electron chi connectivity index (χ4n) is 1.14. The van der Waals surface area contributed by atoms with Gasteiger partial charge in [-0.25, -0.2) is 9.53 Å². The summed E-state index contributed by atoms with van der Waals surface area (Å²) >= 11 is 5.46. The van der Waals surface area contributed by atoms with Crippen molar-refractivity contribution in [3.8, 4) is 0 Å². The summed E-state index contributed by atoms with van der Waals surface area (Å²) in [5.74, 6) is -0.700. The predicted molar refractivity (Wildman–Crippen MR) is 57.5 cm³/mol. The van der Waals surface area contributed by atoms with Crippen LogP contribution in [0.4, 0.5) is 4.39 Å². The first-order valence-corrected chi connectivity index (χ1v) is 6.12. The van der Waals surface area contributed by atoms with Crippen molar-refractivity contribution >= 4 is 21.8 Å². The Hall–Kier alpha value is -0.730. The molecule has 0 heterocycles. The summed E-state index contributed by atoms with van der Waals surface area (Å²) in [4.78, 5) is 0. The molecule has 90 valence electrons. The average Bonchev–Trinajstić information content (AvgIpc) is 2.17. The van der Waals surface area contributed by atoms with Crippen molar-refractivity contribution in [2.75, 3.05) is 6.61 Å². The van der Waals surface area contributed by atoms with Crippen LogP contribution in [0.2, 0.25) is 5.02 Å². The third-order valence-corrected chi connectivity index (χ3v) is 2.75. The second-order valence-electron chi connectivity index (χ2n) is 3.07. The standard InChI is InChI=1S/C8H10ClFN2O3S/c9-6-2-1-5(3-7(6)10)8(4-13)12-16(11,14)15/h1-3,8,12-13H,4H2,(H2,11,14,15). The summed E-state index contributed by atoms with van der Waals surface area (Å²) < 4.78 is 36.6. The molecule has 1 rings (SSSR count). The van der Waals surface area contributed by atoms with Crippen molar-refractivity contribution < 1.29 is 17.9 Å². The smallest absolute Gasteiger partial charge is 0.275 e. The minimum absolute atomic E-state index is 0.0870. The number of halogens is 2. The predicted octanol–water partition coefficient (Wildman–Crippen LogP) is 0.306. The molecule has 0 aliphatic carbocycles. The fourth-order valence-corrected chi connectivity index (χ4v) is 1.86. The van der Waals surface area contributed by atoms with Crippen LogP contribution in [-0.2, 0) is 10.2 Å². The van der Waals surface area contributed by atoms with Crippen LogP contribution >= 0.6 is 11.6 Å². The van der Waals surface area contributed by atoms with Gasteiger partial charge in [-0.15, -0.1) is 0 Å². The van der Waals surface area contributed by atoms with Gasteiger partial charge in [-0.2, -0.15) is 13.1 Å². The molecule has 0 aromatic heterocycles. The van der Waals surface area contributed by atoms with E-state index in [1.165, 1.54) is 12.1 Å². The second kappa shape index (κ2) is 5.07. The Labute approximate surface area is 97.2 Å². The number of aliphatic hydroxyl groups is 1. The molecule has 0 fully saturated rings. The number of hydrogen-bond donors (Lipinski definition) is 3. The highest BCUT2D eigenvalue weighted by Crippen LogP contribution is 2.20.